The molecule has 21 heavy (non-hydrogen) atoms. The second-order valence-electron chi connectivity index (χ2n) is 7.45. The van der Waals surface area contributed by atoms with Crippen LogP contribution in [0.15, 0.2) is 9.31 Å². The van der Waals surface area contributed by atoms with E-state index in [1.54, 1.807) is 13.8 Å². The summed E-state index contributed by atoms with van der Waals surface area (Å²) in [6, 6.07) is 0. The van der Waals surface area contributed by atoms with Crippen molar-refractivity contribution in [1.82, 2.24) is 4.72 Å². The Morgan fingerprint density at radius 3 is 2.05 bits per heavy atom. The van der Waals surface area contributed by atoms with E-state index in [4.69, 9.17) is 10.2 Å². The second-order valence-corrected chi connectivity index (χ2v) is 9.07. The maximum Gasteiger partial charge on any atom is 0.244 e. The first-order valence-electron chi connectivity index (χ1n) is 7.12. The van der Waals surface area contributed by atoms with Gasteiger partial charge in [-0.2, -0.15) is 0 Å². The van der Waals surface area contributed by atoms with Crippen LogP contribution >= 0.6 is 0 Å². The number of aryl methyl sites for hydroxylation is 2. The largest absolute Gasteiger partial charge is 0.465 e. The number of hydrogen-bond donors (Lipinski definition) is 2. The summed E-state index contributed by atoms with van der Waals surface area (Å²) in [6.45, 7) is 13.6. The summed E-state index contributed by atoms with van der Waals surface area (Å²) < 4.78 is 33.7. The molecule has 1 heterocycles. The van der Waals surface area contributed by atoms with Gasteiger partial charge in [-0.05, 0) is 39.5 Å². The lowest BCUT2D eigenvalue weighted by molar-refractivity contribution is 0.269. The molecular weight excluding hydrogens is 288 g/mol. The average Bonchev–Trinajstić information content (AvgIpc) is 2.47. The molecule has 0 atom stereocenters. The fourth-order valence-electron chi connectivity index (χ4n) is 3.07. The van der Waals surface area contributed by atoms with Crippen LogP contribution in [0.5, 0.6) is 0 Å². The first-order valence-corrected chi connectivity index (χ1v) is 8.60. The number of furan rings is 1. The highest BCUT2D eigenvalue weighted by Crippen LogP contribution is 2.31. The zero-order valence-corrected chi connectivity index (χ0v) is 14.9. The molecule has 122 valence electrons. The summed E-state index contributed by atoms with van der Waals surface area (Å²) >= 11 is 0. The van der Waals surface area contributed by atoms with E-state index in [9.17, 15) is 8.42 Å². The number of sulfonamides is 1. The highest BCUT2D eigenvalue weighted by Gasteiger charge is 2.34. The number of hydrogen-bond acceptors (Lipinski definition) is 4. The van der Waals surface area contributed by atoms with E-state index in [0.29, 0.717) is 23.5 Å². The van der Waals surface area contributed by atoms with Crippen molar-refractivity contribution >= 4 is 10.0 Å². The van der Waals surface area contributed by atoms with Crippen molar-refractivity contribution in [3.05, 3.63) is 17.1 Å². The van der Waals surface area contributed by atoms with Gasteiger partial charge in [0.1, 0.15) is 16.4 Å². The first-order chi connectivity index (χ1) is 9.29. The van der Waals surface area contributed by atoms with Crippen LogP contribution in [0.2, 0.25) is 0 Å². The van der Waals surface area contributed by atoms with Crippen LogP contribution in [-0.2, 0) is 16.6 Å². The van der Waals surface area contributed by atoms with Crippen molar-refractivity contribution in [2.75, 3.05) is 0 Å². The van der Waals surface area contributed by atoms with Crippen LogP contribution in [0.1, 0.15) is 58.1 Å². The Morgan fingerprint density at radius 1 is 1.10 bits per heavy atom. The van der Waals surface area contributed by atoms with Crippen molar-refractivity contribution in [2.45, 2.75) is 71.9 Å². The van der Waals surface area contributed by atoms with E-state index >= 15 is 0 Å². The second kappa shape index (κ2) is 5.74. The maximum atomic E-state index is 12.7. The summed E-state index contributed by atoms with van der Waals surface area (Å²) in [6.07, 6.45) is 0.715. The van der Waals surface area contributed by atoms with Gasteiger partial charge in [-0.3, -0.25) is 0 Å². The van der Waals surface area contributed by atoms with E-state index in [1.807, 2.05) is 13.8 Å². The number of rotatable bonds is 5. The molecule has 0 spiro atoms. The van der Waals surface area contributed by atoms with Crippen molar-refractivity contribution in [2.24, 2.45) is 11.1 Å². The maximum absolute atomic E-state index is 12.7. The molecule has 0 unspecified atom stereocenters. The average molecular weight is 316 g/mol. The van der Waals surface area contributed by atoms with E-state index in [0.717, 1.165) is 0 Å². The van der Waals surface area contributed by atoms with Gasteiger partial charge in [0.15, 0.2) is 0 Å². The summed E-state index contributed by atoms with van der Waals surface area (Å²) in [5.74, 6) is 0.941. The van der Waals surface area contributed by atoms with Gasteiger partial charge in [0.25, 0.3) is 0 Å². The van der Waals surface area contributed by atoms with E-state index in [1.165, 1.54) is 0 Å². The lowest BCUT2D eigenvalue weighted by atomic mass is 9.82. The summed E-state index contributed by atoms with van der Waals surface area (Å²) in [5, 5.41) is 0. The summed E-state index contributed by atoms with van der Waals surface area (Å²) in [7, 11) is -3.67. The van der Waals surface area contributed by atoms with E-state index in [2.05, 4.69) is 25.5 Å². The third kappa shape index (κ3) is 4.56. The Kier molecular flexibility index (Phi) is 4.98. The van der Waals surface area contributed by atoms with E-state index in [-0.39, 0.29) is 16.9 Å². The normalized spacial score (nSPS) is 13.7. The monoisotopic (exact) mass is 316 g/mol. The smallest absolute Gasteiger partial charge is 0.244 e. The zero-order chi connectivity index (χ0) is 16.6. The Labute approximate surface area is 128 Å². The lowest BCUT2D eigenvalue weighted by Gasteiger charge is -2.33. The van der Waals surface area contributed by atoms with Gasteiger partial charge in [0, 0.05) is 17.6 Å². The summed E-state index contributed by atoms with van der Waals surface area (Å²) in [4.78, 5) is 0.185. The highest BCUT2D eigenvalue weighted by atomic mass is 32.2. The van der Waals surface area contributed by atoms with Crippen LogP contribution in [0, 0.1) is 19.3 Å². The van der Waals surface area contributed by atoms with Gasteiger partial charge >= 0.3 is 0 Å². The Hall–Kier alpha value is -0.850. The molecule has 0 bridgehead atoms. The number of nitrogens with two attached hydrogens (primary N) is 1. The molecule has 5 nitrogen and oxygen atoms in total. The van der Waals surface area contributed by atoms with Crippen LogP contribution < -0.4 is 10.5 Å². The van der Waals surface area contributed by atoms with Crippen LogP contribution in [-0.4, -0.2) is 14.0 Å². The standard InChI is InChI=1S/C15H28N2O3S/c1-10-12(8-16)13(11(2)20-10)21(18,19)17-15(6,7)9-14(3,4)5/h17H,8-9,16H2,1-7H3. The van der Waals surface area contributed by atoms with Crippen LogP contribution in [0.3, 0.4) is 0 Å². The molecule has 0 aliphatic carbocycles. The third-order valence-corrected chi connectivity index (χ3v) is 5.07. The molecule has 0 fully saturated rings. The minimum Gasteiger partial charge on any atom is -0.465 e. The van der Waals surface area contributed by atoms with Crippen molar-refractivity contribution < 1.29 is 12.8 Å². The highest BCUT2D eigenvalue weighted by molar-refractivity contribution is 7.89. The van der Waals surface area contributed by atoms with Crippen molar-refractivity contribution in [3.8, 4) is 0 Å². The molecule has 3 N–H and O–H groups in total. The van der Waals surface area contributed by atoms with Crippen LogP contribution in [0.4, 0.5) is 0 Å². The molecule has 0 saturated heterocycles. The van der Waals surface area contributed by atoms with Crippen LogP contribution in [0.25, 0.3) is 0 Å². The Bertz CT molecular complexity index is 608. The van der Waals surface area contributed by atoms with Gasteiger partial charge in [0.05, 0.1) is 0 Å². The minimum atomic E-state index is -3.67. The quantitative estimate of drug-likeness (QED) is 0.874. The van der Waals surface area contributed by atoms with Crippen molar-refractivity contribution in [3.63, 3.8) is 0 Å². The minimum absolute atomic E-state index is 0.0179. The Morgan fingerprint density at radius 2 is 1.62 bits per heavy atom. The zero-order valence-electron chi connectivity index (χ0n) is 14.1. The van der Waals surface area contributed by atoms with Gasteiger partial charge in [-0.1, -0.05) is 20.8 Å². The molecule has 0 aliphatic heterocycles. The summed E-state index contributed by atoms with van der Waals surface area (Å²) in [5.41, 5.74) is 5.69. The molecule has 1 aromatic heterocycles. The fraction of sp³-hybridized carbons (Fsp3) is 0.733. The molecule has 0 saturated carbocycles. The van der Waals surface area contributed by atoms with Gasteiger partial charge in [-0.15, -0.1) is 0 Å². The molecule has 1 rings (SSSR count). The fourth-order valence-corrected chi connectivity index (χ4v) is 4.95. The molecule has 1 aromatic rings. The van der Waals surface area contributed by atoms with Gasteiger partial charge in [-0.25, -0.2) is 13.1 Å². The lowest BCUT2D eigenvalue weighted by Crippen LogP contribution is -2.46. The predicted molar refractivity (Wildman–Crippen MR) is 84.5 cm³/mol. The predicted octanol–water partition coefficient (Wildman–Crippen LogP) is 2.85. The molecule has 0 radical (unpaired) electrons. The molecule has 0 aromatic carbocycles. The molecule has 6 heteroatoms. The molecule has 0 aliphatic rings. The first kappa shape index (κ1) is 18.2. The van der Waals surface area contributed by atoms with Crippen molar-refractivity contribution in [1.29, 1.82) is 0 Å². The third-order valence-electron chi connectivity index (χ3n) is 3.18. The SMILES string of the molecule is Cc1oc(C)c(S(=O)(=O)NC(C)(C)CC(C)(C)C)c1CN. The van der Waals surface area contributed by atoms with Gasteiger partial charge in [0.2, 0.25) is 10.0 Å². The molecule has 0 amide bonds. The number of nitrogens with one attached hydrogen (secondary N) is 1. The van der Waals surface area contributed by atoms with E-state index < -0.39 is 15.6 Å². The van der Waals surface area contributed by atoms with Gasteiger partial charge < -0.3 is 10.2 Å². The topological polar surface area (TPSA) is 85.3 Å². The molecular formula is C15H28N2O3S. The Balaban J connectivity index is 3.19.